The van der Waals surface area contributed by atoms with Crippen molar-refractivity contribution >= 4 is 15.8 Å². The highest BCUT2D eigenvalue weighted by atomic mass is 32.2. The molecule has 0 spiro atoms. The number of sulfonamides is 1. The van der Waals surface area contributed by atoms with E-state index in [1.165, 1.54) is 4.31 Å². The maximum atomic E-state index is 14.0. The Morgan fingerprint density at radius 1 is 0.900 bits per heavy atom. The zero-order valence-corrected chi connectivity index (χ0v) is 17.1. The second kappa shape index (κ2) is 8.08. The number of piperazine rings is 1. The smallest absolute Gasteiger partial charge is 0.246 e. The summed E-state index contributed by atoms with van der Waals surface area (Å²) < 4.78 is 53.7. The van der Waals surface area contributed by atoms with Gasteiger partial charge in [0, 0.05) is 37.8 Å². The summed E-state index contributed by atoms with van der Waals surface area (Å²) in [6.45, 7) is 3.12. The Kier molecular flexibility index (Phi) is 5.48. The van der Waals surface area contributed by atoms with Crippen molar-refractivity contribution in [3.05, 3.63) is 71.8 Å². The van der Waals surface area contributed by atoms with Crippen molar-refractivity contribution in [2.75, 3.05) is 31.1 Å². The third kappa shape index (κ3) is 3.90. The molecule has 0 amide bonds. The predicted molar refractivity (Wildman–Crippen MR) is 110 cm³/mol. The molecule has 30 heavy (non-hydrogen) atoms. The first kappa shape index (κ1) is 20.4. The number of aryl methyl sites for hydroxylation is 1. The molecule has 0 aliphatic carbocycles. The van der Waals surface area contributed by atoms with E-state index in [1.54, 1.807) is 0 Å². The third-order valence-electron chi connectivity index (χ3n) is 5.15. The van der Waals surface area contributed by atoms with Crippen LogP contribution in [-0.2, 0) is 10.0 Å². The minimum absolute atomic E-state index is 0.167. The largest absolute Gasteiger partial charge is 0.352 e. The van der Waals surface area contributed by atoms with Gasteiger partial charge in [-0.05, 0) is 36.8 Å². The van der Waals surface area contributed by atoms with Crippen molar-refractivity contribution in [3.63, 3.8) is 0 Å². The summed E-state index contributed by atoms with van der Waals surface area (Å²) in [5, 5.41) is 8.61. The summed E-state index contributed by atoms with van der Waals surface area (Å²) in [7, 11) is -4.03. The zero-order chi connectivity index (χ0) is 21.3. The molecule has 0 bridgehead atoms. The van der Waals surface area contributed by atoms with Crippen LogP contribution < -0.4 is 4.90 Å². The van der Waals surface area contributed by atoms with Crippen LogP contribution in [-0.4, -0.2) is 49.1 Å². The Morgan fingerprint density at radius 2 is 1.63 bits per heavy atom. The maximum absolute atomic E-state index is 14.0. The Labute approximate surface area is 173 Å². The number of hydrogen-bond donors (Lipinski definition) is 0. The van der Waals surface area contributed by atoms with Gasteiger partial charge in [-0.3, -0.25) is 0 Å². The molecule has 0 radical (unpaired) electrons. The molecule has 4 rings (SSSR count). The van der Waals surface area contributed by atoms with E-state index in [4.69, 9.17) is 0 Å². The van der Waals surface area contributed by atoms with E-state index in [9.17, 15) is 17.2 Å². The standard InChI is InChI=1S/C21H20F2N4O2S/c1-15-4-2-3-5-17(15)19-7-9-21(25-24-19)26-10-12-27(13-11-26)30(28,29)20-8-6-16(22)14-18(20)23/h2-9,14H,10-13H2,1H3. The molecule has 1 saturated heterocycles. The highest BCUT2D eigenvalue weighted by Gasteiger charge is 2.31. The lowest BCUT2D eigenvalue weighted by Gasteiger charge is -2.34. The summed E-state index contributed by atoms with van der Waals surface area (Å²) >= 11 is 0. The molecule has 9 heteroatoms. The van der Waals surface area contributed by atoms with E-state index in [1.807, 2.05) is 48.2 Å². The molecule has 2 heterocycles. The van der Waals surface area contributed by atoms with E-state index >= 15 is 0 Å². The third-order valence-corrected chi connectivity index (χ3v) is 7.08. The number of nitrogens with zero attached hydrogens (tertiary/aromatic N) is 4. The molecule has 0 saturated carbocycles. The Balaban J connectivity index is 1.46. The highest BCUT2D eigenvalue weighted by Crippen LogP contribution is 2.24. The Morgan fingerprint density at radius 3 is 2.27 bits per heavy atom. The van der Waals surface area contributed by atoms with Crippen LogP contribution in [0.5, 0.6) is 0 Å². The van der Waals surface area contributed by atoms with Gasteiger partial charge in [-0.25, -0.2) is 17.2 Å². The molecule has 2 aromatic carbocycles. The number of benzene rings is 2. The molecule has 1 aromatic heterocycles. The normalized spacial score (nSPS) is 15.4. The van der Waals surface area contributed by atoms with Gasteiger partial charge in [0.1, 0.15) is 16.5 Å². The van der Waals surface area contributed by atoms with Gasteiger partial charge >= 0.3 is 0 Å². The van der Waals surface area contributed by atoms with Crippen LogP contribution in [0.2, 0.25) is 0 Å². The lowest BCUT2D eigenvalue weighted by atomic mass is 10.1. The fourth-order valence-electron chi connectivity index (χ4n) is 3.48. The average Bonchev–Trinajstić information content (AvgIpc) is 2.74. The first-order chi connectivity index (χ1) is 14.4. The van der Waals surface area contributed by atoms with Crippen LogP contribution in [0.15, 0.2) is 59.5 Å². The first-order valence-corrected chi connectivity index (χ1v) is 10.9. The highest BCUT2D eigenvalue weighted by molar-refractivity contribution is 7.89. The van der Waals surface area contributed by atoms with Gasteiger partial charge in [-0.2, -0.15) is 4.31 Å². The predicted octanol–water partition coefficient (Wildman–Crippen LogP) is 3.24. The van der Waals surface area contributed by atoms with Gasteiger partial charge in [0.05, 0.1) is 5.69 Å². The average molecular weight is 430 g/mol. The molecular formula is C21H20F2N4O2S. The minimum atomic E-state index is -4.03. The molecular weight excluding hydrogens is 410 g/mol. The zero-order valence-electron chi connectivity index (χ0n) is 16.3. The van der Waals surface area contributed by atoms with Gasteiger partial charge in [0.2, 0.25) is 10.0 Å². The van der Waals surface area contributed by atoms with Crippen LogP contribution in [0.4, 0.5) is 14.6 Å². The second-order valence-corrected chi connectivity index (χ2v) is 8.96. The fourth-order valence-corrected chi connectivity index (χ4v) is 4.95. The van der Waals surface area contributed by atoms with Crippen molar-refractivity contribution in [3.8, 4) is 11.3 Å². The Bertz CT molecular complexity index is 1160. The SMILES string of the molecule is Cc1ccccc1-c1ccc(N2CCN(S(=O)(=O)c3ccc(F)cc3F)CC2)nn1. The van der Waals surface area contributed by atoms with Gasteiger partial charge in [0.25, 0.3) is 0 Å². The number of aromatic nitrogens is 2. The summed E-state index contributed by atoms with van der Waals surface area (Å²) in [5.74, 6) is -1.25. The van der Waals surface area contributed by atoms with Crippen molar-refractivity contribution in [1.82, 2.24) is 14.5 Å². The molecule has 1 aliphatic heterocycles. The first-order valence-electron chi connectivity index (χ1n) is 9.46. The second-order valence-electron chi connectivity index (χ2n) is 7.06. The molecule has 0 N–H and O–H groups in total. The monoisotopic (exact) mass is 430 g/mol. The molecule has 1 aliphatic rings. The van der Waals surface area contributed by atoms with Crippen molar-refractivity contribution < 1.29 is 17.2 Å². The van der Waals surface area contributed by atoms with Crippen LogP contribution in [0.25, 0.3) is 11.3 Å². The van der Waals surface area contributed by atoms with Crippen molar-refractivity contribution in [2.45, 2.75) is 11.8 Å². The molecule has 6 nitrogen and oxygen atoms in total. The maximum Gasteiger partial charge on any atom is 0.246 e. The minimum Gasteiger partial charge on any atom is -0.352 e. The molecule has 3 aromatic rings. The lowest BCUT2D eigenvalue weighted by molar-refractivity contribution is 0.381. The van der Waals surface area contributed by atoms with E-state index in [2.05, 4.69) is 10.2 Å². The molecule has 1 fully saturated rings. The summed E-state index contributed by atoms with van der Waals surface area (Å²) in [4.78, 5) is 1.42. The molecule has 0 unspecified atom stereocenters. The van der Waals surface area contributed by atoms with Gasteiger partial charge in [-0.15, -0.1) is 10.2 Å². The number of rotatable bonds is 4. The van der Waals surface area contributed by atoms with E-state index < -0.39 is 26.6 Å². The summed E-state index contributed by atoms with van der Waals surface area (Å²) in [6, 6.07) is 14.1. The quantitative estimate of drug-likeness (QED) is 0.636. The fraction of sp³-hybridized carbons (Fsp3) is 0.238. The topological polar surface area (TPSA) is 66.4 Å². The van der Waals surface area contributed by atoms with E-state index in [0.717, 1.165) is 29.0 Å². The van der Waals surface area contributed by atoms with Crippen LogP contribution in [0.1, 0.15) is 5.56 Å². The van der Waals surface area contributed by atoms with E-state index in [-0.39, 0.29) is 13.1 Å². The van der Waals surface area contributed by atoms with Crippen molar-refractivity contribution in [2.24, 2.45) is 0 Å². The number of halogens is 2. The number of hydrogen-bond acceptors (Lipinski definition) is 5. The van der Waals surface area contributed by atoms with Crippen LogP contribution in [0, 0.1) is 18.6 Å². The lowest BCUT2D eigenvalue weighted by Crippen LogP contribution is -2.49. The molecule has 156 valence electrons. The summed E-state index contributed by atoms with van der Waals surface area (Å²) in [5.41, 5.74) is 2.88. The van der Waals surface area contributed by atoms with Gasteiger partial charge < -0.3 is 4.90 Å². The summed E-state index contributed by atoms with van der Waals surface area (Å²) in [6.07, 6.45) is 0. The van der Waals surface area contributed by atoms with Gasteiger partial charge in [-0.1, -0.05) is 24.3 Å². The molecule has 0 atom stereocenters. The van der Waals surface area contributed by atoms with Crippen LogP contribution >= 0.6 is 0 Å². The van der Waals surface area contributed by atoms with Gasteiger partial charge in [0.15, 0.2) is 5.82 Å². The van der Waals surface area contributed by atoms with E-state index in [0.29, 0.717) is 25.0 Å². The van der Waals surface area contributed by atoms with Crippen LogP contribution in [0.3, 0.4) is 0 Å². The number of anilines is 1. The van der Waals surface area contributed by atoms with Crippen molar-refractivity contribution in [1.29, 1.82) is 0 Å². The Hall–Kier alpha value is -2.91.